The van der Waals surface area contributed by atoms with Crippen LogP contribution in [0.1, 0.15) is 24.0 Å². The van der Waals surface area contributed by atoms with Gasteiger partial charge in [-0.05, 0) is 18.9 Å². The van der Waals surface area contributed by atoms with E-state index in [4.69, 9.17) is 14.2 Å². The third kappa shape index (κ3) is 1.85. The molecule has 5 nitrogen and oxygen atoms in total. The highest BCUT2D eigenvalue weighted by atomic mass is 16.5. The fraction of sp³-hybridized carbons (Fsp3) is 0.533. The first-order valence-electron chi connectivity index (χ1n) is 7.20. The Hall–Kier alpha value is -1.75. The molecular formula is C15H17NO4. The summed E-state index contributed by atoms with van der Waals surface area (Å²) in [6.45, 7) is 2.00. The number of rotatable bonds is 2. The molecule has 20 heavy (non-hydrogen) atoms. The largest absolute Gasteiger partial charge is 0.493 e. The lowest BCUT2D eigenvalue weighted by atomic mass is 10.0. The maximum atomic E-state index is 12.3. The highest BCUT2D eigenvalue weighted by Gasteiger charge is 2.30. The molecule has 3 aliphatic rings. The van der Waals surface area contributed by atoms with E-state index in [2.05, 4.69) is 5.32 Å². The summed E-state index contributed by atoms with van der Waals surface area (Å²) in [7, 11) is 0. The molecule has 1 saturated heterocycles. The Morgan fingerprint density at radius 3 is 2.95 bits per heavy atom. The van der Waals surface area contributed by atoms with Gasteiger partial charge in [-0.15, -0.1) is 0 Å². The number of benzene rings is 1. The van der Waals surface area contributed by atoms with Crippen LogP contribution < -0.4 is 14.8 Å². The van der Waals surface area contributed by atoms with Gasteiger partial charge in [-0.1, -0.05) is 0 Å². The summed E-state index contributed by atoms with van der Waals surface area (Å²) < 4.78 is 16.8. The van der Waals surface area contributed by atoms with Crippen LogP contribution in [0.3, 0.4) is 0 Å². The average molecular weight is 275 g/mol. The van der Waals surface area contributed by atoms with E-state index in [1.54, 1.807) is 0 Å². The van der Waals surface area contributed by atoms with Gasteiger partial charge in [0, 0.05) is 30.6 Å². The molecule has 5 heteroatoms. The SMILES string of the molecule is O=C(Nc1c2c(cc3c1OCC3)OCC2)C1CCCO1. The van der Waals surface area contributed by atoms with Gasteiger partial charge >= 0.3 is 0 Å². The smallest absolute Gasteiger partial charge is 0.253 e. The highest BCUT2D eigenvalue weighted by molar-refractivity contribution is 5.97. The summed E-state index contributed by atoms with van der Waals surface area (Å²) in [5, 5.41) is 3.02. The van der Waals surface area contributed by atoms with Gasteiger partial charge in [0.2, 0.25) is 0 Å². The Labute approximate surface area is 117 Å². The summed E-state index contributed by atoms with van der Waals surface area (Å²) in [5.74, 6) is 1.64. The van der Waals surface area contributed by atoms with Crippen molar-refractivity contribution in [2.45, 2.75) is 31.8 Å². The zero-order valence-electron chi connectivity index (χ0n) is 11.2. The number of hydrogen-bond donors (Lipinski definition) is 1. The zero-order valence-corrected chi connectivity index (χ0v) is 11.2. The lowest BCUT2D eigenvalue weighted by Crippen LogP contribution is -2.27. The predicted octanol–water partition coefficient (Wildman–Crippen LogP) is 1.67. The molecule has 0 spiro atoms. The summed E-state index contributed by atoms with van der Waals surface area (Å²) in [6, 6.07) is 2.05. The van der Waals surface area contributed by atoms with Crippen LogP contribution in [0.5, 0.6) is 11.5 Å². The van der Waals surface area contributed by atoms with Crippen LogP contribution in [0.4, 0.5) is 5.69 Å². The van der Waals surface area contributed by atoms with Crippen LogP contribution in [0.2, 0.25) is 0 Å². The van der Waals surface area contributed by atoms with Crippen molar-refractivity contribution in [2.75, 3.05) is 25.1 Å². The molecule has 1 aromatic rings. The van der Waals surface area contributed by atoms with Gasteiger partial charge in [-0.3, -0.25) is 4.79 Å². The summed E-state index contributed by atoms with van der Waals surface area (Å²) in [6.07, 6.45) is 3.09. The second-order valence-corrected chi connectivity index (χ2v) is 5.40. The number of amides is 1. The van der Waals surface area contributed by atoms with Crippen LogP contribution in [0.15, 0.2) is 6.07 Å². The third-order valence-electron chi connectivity index (χ3n) is 4.12. The molecule has 0 aromatic heterocycles. The van der Waals surface area contributed by atoms with E-state index in [0.29, 0.717) is 19.8 Å². The van der Waals surface area contributed by atoms with E-state index in [0.717, 1.165) is 54.0 Å². The maximum Gasteiger partial charge on any atom is 0.253 e. The molecule has 1 fully saturated rings. The number of fused-ring (bicyclic) bond motifs is 2. The molecule has 1 unspecified atom stereocenters. The highest BCUT2D eigenvalue weighted by Crippen LogP contribution is 2.44. The van der Waals surface area contributed by atoms with Crippen LogP contribution in [0.25, 0.3) is 0 Å². The van der Waals surface area contributed by atoms with Crippen molar-refractivity contribution in [3.8, 4) is 11.5 Å². The van der Waals surface area contributed by atoms with Gasteiger partial charge < -0.3 is 19.5 Å². The van der Waals surface area contributed by atoms with Gasteiger partial charge in [-0.2, -0.15) is 0 Å². The summed E-state index contributed by atoms with van der Waals surface area (Å²) in [5.41, 5.74) is 2.97. The lowest BCUT2D eigenvalue weighted by Gasteiger charge is -2.16. The molecule has 1 aromatic carbocycles. The van der Waals surface area contributed by atoms with Crippen LogP contribution in [-0.4, -0.2) is 31.8 Å². The normalized spacial score (nSPS) is 22.9. The van der Waals surface area contributed by atoms with Crippen molar-refractivity contribution in [2.24, 2.45) is 0 Å². The maximum absolute atomic E-state index is 12.3. The summed E-state index contributed by atoms with van der Waals surface area (Å²) >= 11 is 0. The predicted molar refractivity (Wildman–Crippen MR) is 72.4 cm³/mol. The Bertz CT molecular complexity index is 531. The first kappa shape index (κ1) is 12.0. The van der Waals surface area contributed by atoms with E-state index >= 15 is 0 Å². The minimum Gasteiger partial charge on any atom is -0.493 e. The fourth-order valence-electron chi connectivity index (χ4n) is 3.11. The minimum atomic E-state index is -0.328. The van der Waals surface area contributed by atoms with Crippen molar-refractivity contribution < 1.29 is 19.0 Å². The monoisotopic (exact) mass is 275 g/mol. The van der Waals surface area contributed by atoms with E-state index in [1.165, 1.54) is 0 Å². The second kappa shape index (κ2) is 4.66. The number of carbonyl (C=O) groups is 1. The lowest BCUT2D eigenvalue weighted by molar-refractivity contribution is -0.124. The van der Waals surface area contributed by atoms with Crippen molar-refractivity contribution in [3.05, 3.63) is 17.2 Å². The average Bonchev–Trinajstić information content (AvgIpc) is 3.19. The van der Waals surface area contributed by atoms with Gasteiger partial charge in [0.1, 0.15) is 17.6 Å². The zero-order chi connectivity index (χ0) is 13.5. The third-order valence-corrected chi connectivity index (χ3v) is 4.12. The van der Waals surface area contributed by atoms with Crippen LogP contribution >= 0.6 is 0 Å². The van der Waals surface area contributed by atoms with Gasteiger partial charge in [0.15, 0.2) is 0 Å². The molecule has 1 amide bonds. The van der Waals surface area contributed by atoms with Crippen molar-refractivity contribution >= 4 is 11.6 Å². The minimum absolute atomic E-state index is 0.0690. The standard InChI is InChI=1S/C15H17NO4/c17-15(11-2-1-5-18-11)16-13-10-4-7-19-12(10)8-9-3-6-20-14(9)13/h8,11H,1-7H2,(H,16,17). The van der Waals surface area contributed by atoms with E-state index in [9.17, 15) is 4.79 Å². The molecule has 4 rings (SSSR count). The first-order chi connectivity index (χ1) is 9.83. The van der Waals surface area contributed by atoms with Gasteiger partial charge in [0.05, 0.1) is 18.9 Å². The van der Waals surface area contributed by atoms with Gasteiger partial charge in [-0.25, -0.2) is 0 Å². The molecule has 3 aliphatic heterocycles. The van der Waals surface area contributed by atoms with E-state index in [-0.39, 0.29) is 12.0 Å². The molecule has 0 aliphatic carbocycles. The van der Waals surface area contributed by atoms with E-state index in [1.807, 2.05) is 6.07 Å². The Kier molecular flexibility index (Phi) is 2.80. The first-order valence-corrected chi connectivity index (χ1v) is 7.20. The fourth-order valence-corrected chi connectivity index (χ4v) is 3.11. The van der Waals surface area contributed by atoms with Crippen molar-refractivity contribution in [3.63, 3.8) is 0 Å². The van der Waals surface area contributed by atoms with Gasteiger partial charge in [0.25, 0.3) is 5.91 Å². The number of hydrogen-bond acceptors (Lipinski definition) is 4. The topological polar surface area (TPSA) is 56.8 Å². The Morgan fingerprint density at radius 2 is 2.10 bits per heavy atom. The molecule has 0 radical (unpaired) electrons. The molecule has 0 saturated carbocycles. The number of ether oxygens (including phenoxy) is 3. The number of nitrogens with one attached hydrogen (secondary N) is 1. The van der Waals surface area contributed by atoms with Crippen molar-refractivity contribution in [1.29, 1.82) is 0 Å². The van der Waals surface area contributed by atoms with E-state index < -0.39 is 0 Å². The molecule has 1 N–H and O–H groups in total. The number of anilines is 1. The Morgan fingerprint density at radius 1 is 1.20 bits per heavy atom. The van der Waals surface area contributed by atoms with Crippen LogP contribution in [-0.2, 0) is 22.4 Å². The summed E-state index contributed by atoms with van der Waals surface area (Å²) in [4.78, 5) is 12.3. The molecular weight excluding hydrogens is 258 g/mol. The second-order valence-electron chi connectivity index (χ2n) is 5.40. The van der Waals surface area contributed by atoms with Crippen LogP contribution in [0, 0.1) is 0 Å². The number of carbonyl (C=O) groups excluding carboxylic acids is 1. The molecule has 3 heterocycles. The Balaban J connectivity index is 1.68. The molecule has 1 atom stereocenters. The quantitative estimate of drug-likeness (QED) is 0.892. The molecule has 0 bridgehead atoms. The van der Waals surface area contributed by atoms with Crippen molar-refractivity contribution in [1.82, 2.24) is 0 Å². The molecule has 106 valence electrons.